The third kappa shape index (κ3) is 3.11. The number of piperidine rings is 1. The first kappa shape index (κ1) is 14.8. The number of carbonyl (C=O) groups excluding carboxylic acids is 1. The Bertz CT molecular complexity index is 474. The van der Waals surface area contributed by atoms with Crippen LogP contribution < -0.4 is 11.3 Å². The van der Waals surface area contributed by atoms with Crippen LogP contribution in [0.25, 0.3) is 0 Å². The molecule has 1 heterocycles. The molecule has 5 heteroatoms. The van der Waals surface area contributed by atoms with Gasteiger partial charge in [-0.1, -0.05) is 11.6 Å². The number of nitrogens with one attached hydrogen (secondary N) is 1. The molecular formula is C15H23N3O2. The lowest BCUT2D eigenvalue weighted by molar-refractivity contribution is 0.0575. The van der Waals surface area contributed by atoms with Crippen molar-refractivity contribution >= 4 is 11.6 Å². The zero-order valence-corrected chi connectivity index (χ0v) is 11.9. The number of carbonyl (C=O) groups is 1. The fourth-order valence-electron chi connectivity index (χ4n) is 2.83. The number of benzene rings is 1. The van der Waals surface area contributed by atoms with E-state index in [-0.39, 0.29) is 18.6 Å². The second-order valence-electron chi connectivity index (χ2n) is 5.35. The van der Waals surface area contributed by atoms with Gasteiger partial charge in [-0.15, -0.1) is 0 Å². The Morgan fingerprint density at radius 1 is 1.50 bits per heavy atom. The van der Waals surface area contributed by atoms with Crippen LogP contribution in [0.1, 0.15) is 41.6 Å². The maximum atomic E-state index is 12.8. The van der Waals surface area contributed by atoms with Crippen molar-refractivity contribution in [3.8, 4) is 0 Å². The largest absolute Gasteiger partial charge is 0.396 e. The summed E-state index contributed by atoms with van der Waals surface area (Å²) >= 11 is 0. The minimum Gasteiger partial charge on any atom is -0.396 e. The van der Waals surface area contributed by atoms with E-state index >= 15 is 0 Å². The van der Waals surface area contributed by atoms with Gasteiger partial charge >= 0.3 is 0 Å². The molecule has 1 amide bonds. The van der Waals surface area contributed by atoms with Gasteiger partial charge in [0.25, 0.3) is 5.91 Å². The molecule has 0 spiro atoms. The molecule has 0 bridgehead atoms. The van der Waals surface area contributed by atoms with Crippen LogP contribution in [0.3, 0.4) is 0 Å². The van der Waals surface area contributed by atoms with Crippen molar-refractivity contribution < 1.29 is 9.90 Å². The fraction of sp³-hybridized carbons (Fsp3) is 0.533. The number of aliphatic hydroxyl groups is 1. The van der Waals surface area contributed by atoms with Gasteiger partial charge < -0.3 is 15.4 Å². The smallest absolute Gasteiger partial charge is 0.256 e. The first-order valence-electron chi connectivity index (χ1n) is 7.16. The van der Waals surface area contributed by atoms with E-state index in [4.69, 9.17) is 10.9 Å². The Morgan fingerprint density at radius 2 is 2.30 bits per heavy atom. The lowest BCUT2D eigenvalue weighted by atomic mass is 9.97. The number of aryl methyl sites for hydroxylation is 1. The summed E-state index contributed by atoms with van der Waals surface area (Å²) in [6.45, 7) is 2.82. The predicted octanol–water partition coefficient (Wildman–Crippen LogP) is 1.66. The van der Waals surface area contributed by atoms with Gasteiger partial charge in [-0.2, -0.15) is 0 Å². The van der Waals surface area contributed by atoms with Crippen molar-refractivity contribution in [3.63, 3.8) is 0 Å². The zero-order chi connectivity index (χ0) is 14.5. The first-order chi connectivity index (χ1) is 9.67. The van der Waals surface area contributed by atoms with Crippen LogP contribution in [-0.4, -0.2) is 35.1 Å². The number of nitrogens with two attached hydrogens (primary N) is 1. The van der Waals surface area contributed by atoms with Gasteiger partial charge in [0.05, 0.1) is 11.3 Å². The maximum absolute atomic E-state index is 12.8. The molecule has 2 rings (SSSR count). The van der Waals surface area contributed by atoms with Gasteiger partial charge in [-0.25, -0.2) is 0 Å². The molecule has 1 atom stereocenters. The standard InChI is InChI=1S/C15H23N3O2/c1-11-5-6-14(17-16)13(10-11)15(20)18-8-3-2-4-12(18)7-9-19/h5-6,10,12,17,19H,2-4,7-9,16H2,1H3. The zero-order valence-electron chi connectivity index (χ0n) is 11.9. The van der Waals surface area contributed by atoms with E-state index in [0.29, 0.717) is 17.7 Å². The number of nitrogens with zero attached hydrogens (tertiary/aromatic N) is 1. The van der Waals surface area contributed by atoms with Gasteiger partial charge in [-0.05, 0) is 44.7 Å². The Kier molecular flexibility index (Phi) is 4.98. The number of aliphatic hydroxyl groups excluding tert-OH is 1. The second-order valence-corrected chi connectivity index (χ2v) is 5.35. The summed E-state index contributed by atoms with van der Waals surface area (Å²) in [5, 5.41) is 9.16. The van der Waals surface area contributed by atoms with Crippen LogP contribution in [0.4, 0.5) is 5.69 Å². The summed E-state index contributed by atoms with van der Waals surface area (Å²) in [4.78, 5) is 14.6. The lowest BCUT2D eigenvalue weighted by Crippen LogP contribution is -2.44. The SMILES string of the molecule is Cc1ccc(NN)c(C(=O)N2CCCCC2CCO)c1. The van der Waals surface area contributed by atoms with Gasteiger partial charge in [0.2, 0.25) is 0 Å². The highest BCUT2D eigenvalue weighted by Gasteiger charge is 2.28. The molecule has 0 aromatic heterocycles. The Balaban J connectivity index is 2.26. The molecule has 0 saturated carbocycles. The topological polar surface area (TPSA) is 78.6 Å². The Hall–Kier alpha value is -1.59. The highest BCUT2D eigenvalue weighted by molar-refractivity contribution is 6.00. The maximum Gasteiger partial charge on any atom is 0.256 e. The van der Waals surface area contributed by atoms with Crippen LogP contribution in [0.2, 0.25) is 0 Å². The summed E-state index contributed by atoms with van der Waals surface area (Å²) < 4.78 is 0. The summed E-state index contributed by atoms with van der Waals surface area (Å²) in [6, 6.07) is 5.75. The van der Waals surface area contributed by atoms with Crippen LogP contribution in [-0.2, 0) is 0 Å². The monoisotopic (exact) mass is 277 g/mol. The number of amides is 1. The average molecular weight is 277 g/mol. The second kappa shape index (κ2) is 6.72. The predicted molar refractivity (Wildman–Crippen MR) is 79.4 cm³/mol. The molecule has 1 unspecified atom stereocenters. The van der Waals surface area contributed by atoms with Crippen molar-refractivity contribution in [2.45, 2.75) is 38.6 Å². The number of hydrogen-bond donors (Lipinski definition) is 3. The molecule has 0 radical (unpaired) electrons. The van der Waals surface area contributed by atoms with Crippen LogP contribution in [0.15, 0.2) is 18.2 Å². The minimum atomic E-state index is -0.000185. The number of rotatable bonds is 4. The van der Waals surface area contributed by atoms with E-state index in [9.17, 15) is 4.79 Å². The molecule has 1 aliphatic heterocycles. The van der Waals surface area contributed by atoms with Crippen LogP contribution in [0.5, 0.6) is 0 Å². The van der Waals surface area contributed by atoms with Crippen molar-refractivity contribution in [2.75, 3.05) is 18.6 Å². The van der Waals surface area contributed by atoms with E-state index < -0.39 is 0 Å². The number of hydrazine groups is 1. The van der Waals surface area contributed by atoms with E-state index in [1.165, 1.54) is 0 Å². The number of anilines is 1. The van der Waals surface area contributed by atoms with Crippen molar-refractivity contribution in [3.05, 3.63) is 29.3 Å². The molecule has 5 nitrogen and oxygen atoms in total. The molecule has 1 aromatic carbocycles. The van der Waals surface area contributed by atoms with Gasteiger partial charge in [0.15, 0.2) is 0 Å². The third-order valence-corrected chi connectivity index (χ3v) is 3.91. The lowest BCUT2D eigenvalue weighted by Gasteiger charge is -2.36. The summed E-state index contributed by atoms with van der Waals surface area (Å²) in [6.07, 6.45) is 3.74. The summed E-state index contributed by atoms with van der Waals surface area (Å²) in [5.41, 5.74) is 4.88. The third-order valence-electron chi connectivity index (χ3n) is 3.91. The minimum absolute atomic E-state index is 0.000185. The molecule has 20 heavy (non-hydrogen) atoms. The fourth-order valence-corrected chi connectivity index (χ4v) is 2.83. The van der Waals surface area contributed by atoms with E-state index in [1.807, 2.05) is 30.0 Å². The molecule has 4 N–H and O–H groups in total. The summed E-state index contributed by atoms with van der Waals surface area (Å²) in [7, 11) is 0. The van der Waals surface area contributed by atoms with Crippen molar-refractivity contribution in [1.82, 2.24) is 4.90 Å². The van der Waals surface area contributed by atoms with Crippen molar-refractivity contribution in [1.29, 1.82) is 0 Å². The number of hydrogen-bond acceptors (Lipinski definition) is 4. The van der Waals surface area contributed by atoms with Gasteiger partial charge in [0, 0.05) is 19.2 Å². The van der Waals surface area contributed by atoms with Crippen LogP contribution in [0, 0.1) is 6.92 Å². The van der Waals surface area contributed by atoms with E-state index in [2.05, 4.69) is 5.43 Å². The number of nitrogen functional groups attached to an aromatic ring is 1. The van der Waals surface area contributed by atoms with Gasteiger partial charge in [-0.3, -0.25) is 10.6 Å². The van der Waals surface area contributed by atoms with E-state index in [0.717, 1.165) is 31.4 Å². The van der Waals surface area contributed by atoms with Crippen molar-refractivity contribution in [2.24, 2.45) is 5.84 Å². The Morgan fingerprint density at radius 3 is 3.00 bits per heavy atom. The normalized spacial score (nSPS) is 18.9. The molecule has 1 aromatic rings. The summed E-state index contributed by atoms with van der Waals surface area (Å²) in [5.74, 6) is 5.50. The number of likely N-dealkylation sites (tertiary alicyclic amines) is 1. The highest BCUT2D eigenvalue weighted by atomic mass is 16.3. The van der Waals surface area contributed by atoms with E-state index in [1.54, 1.807) is 0 Å². The van der Waals surface area contributed by atoms with Crippen LogP contribution >= 0.6 is 0 Å². The molecule has 1 fully saturated rings. The average Bonchev–Trinajstić information content (AvgIpc) is 2.47. The molecule has 0 aliphatic carbocycles. The molecule has 1 saturated heterocycles. The Labute approximate surface area is 119 Å². The van der Waals surface area contributed by atoms with Gasteiger partial charge in [0.1, 0.15) is 0 Å². The molecule has 1 aliphatic rings. The quantitative estimate of drug-likeness (QED) is 0.577. The highest BCUT2D eigenvalue weighted by Crippen LogP contribution is 2.25. The molecular weight excluding hydrogens is 254 g/mol. The first-order valence-corrected chi connectivity index (χ1v) is 7.16. The molecule has 110 valence electrons.